The lowest BCUT2D eigenvalue weighted by Crippen LogP contribution is -2.71. The standard InChI is InChI=1S/C18H30N4O2/c1-18(2)15(13-5-4-10-24-16(13)18)20-17(19-3)21-8-9-22(12-6-7-12)14(23)11-21/h12-13,15-16H,4-11H2,1-3H3,(H,19,20). The average molecular weight is 334 g/mol. The molecule has 2 saturated heterocycles. The van der Waals surface area contributed by atoms with Crippen LogP contribution in [0, 0.1) is 11.3 Å². The summed E-state index contributed by atoms with van der Waals surface area (Å²) < 4.78 is 5.99. The van der Waals surface area contributed by atoms with Gasteiger partial charge >= 0.3 is 0 Å². The Kier molecular flexibility index (Phi) is 3.98. The Morgan fingerprint density at radius 3 is 2.75 bits per heavy atom. The lowest BCUT2D eigenvalue weighted by atomic mass is 9.55. The highest BCUT2D eigenvalue weighted by Crippen LogP contribution is 2.51. The Hall–Kier alpha value is -1.30. The molecule has 1 N–H and O–H groups in total. The maximum atomic E-state index is 12.4. The van der Waals surface area contributed by atoms with Crippen molar-refractivity contribution in [2.45, 2.75) is 57.7 Å². The summed E-state index contributed by atoms with van der Waals surface area (Å²) in [5, 5.41) is 3.67. The van der Waals surface area contributed by atoms with E-state index in [0.29, 0.717) is 30.7 Å². The fourth-order valence-electron chi connectivity index (χ4n) is 4.89. The van der Waals surface area contributed by atoms with Gasteiger partial charge in [-0.05, 0) is 25.7 Å². The molecule has 2 saturated carbocycles. The van der Waals surface area contributed by atoms with Crippen LogP contribution in [0.15, 0.2) is 4.99 Å². The van der Waals surface area contributed by atoms with E-state index < -0.39 is 0 Å². The molecule has 2 aliphatic carbocycles. The predicted molar refractivity (Wildman–Crippen MR) is 92.8 cm³/mol. The van der Waals surface area contributed by atoms with Crippen LogP contribution in [0.25, 0.3) is 0 Å². The number of amides is 1. The predicted octanol–water partition coefficient (Wildman–Crippen LogP) is 1.07. The summed E-state index contributed by atoms with van der Waals surface area (Å²) >= 11 is 0. The normalized spacial score (nSPS) is 36.2. The first-order valence-electron chi connectivity index (χ1n) is 9.41. The molecule has 0 aromatic rings. The molecule has 3 unspecified atom stereocenters. The Morgan fingerprint density at radius 2 is 2.08 bits per heavy atom. The zero-order chi connectivity index (χ0) is 16.9. The molecule has 2 aliphatic heterocycles. The van der Waals surface area contributed by atoms with Crippen molar-refractivity contribution >= 4 is 11.9 Å². The fraction of sp³-hybridized carbons (Fsp3) is 0.889. The van der Waals surface area contributed by atoms with Crippen LogP contribution in [0.2, 0.25) is 0 Å². The van der Waals surface area contributed by atoms with Crippen LogP contribution < -0.4 is 5.32 Å². The molecular formula is C18H30N4O2. The molecule has 4 fully saturated rings. The molecule has 0 aromatic heterocycles. The van der Waals surface area contributed by atoms with Gasteiger partial charge in [-0.2, -0.15) is 0 Å². The molecule has 0 aromatic carbocycles. The Labute approximate surface area is 144 Å². The molecule has 0 bridgehead atoms. The van der Waals surface area contributed by atoms with E-state index in [9.17, 15) is 4.79 Å². The molecule has 0 radical (unpaired) electrons. The lowest BCUT2D eigenvalue weighted by Gasteiger charge is -2.60. The number of piperazine rings is 1. The molecule has 0 spiro atoms. The summed E-state index contributed by atoms with van der Waals surface area (Å²) in [7, 11) is 1.82. The van der Waals surface area contributed by atoms with E-state index >= 15 is 0 Å². The van der Waals surface area contributed by atoms with E-state index in [1.54, 1.807) is 0 Å². The Bertz CT molecular complexity index is 543. The second-order valence-electron chi connectivity index (χ2n) is 8.33. The third kappa shape index (κ3) is 2.59. The van der Waals surface area contributed by atoms with Gasteiger partial charge < -0.3 is 19.9 Å². The van der Waals surface area contributed by atoms with Crippen LogP contribution in [0.4, 0.5) is 0 Å². The summed E-state index contributed by atoms with van der Waals surface area (Å²) in [4.78, 5) is 21.1. The smallest absolute Gasteiger partial charge is 0.242 e. The second-order valence-corrected chi connectivity index (χ2v) is 8.33. The van der Waals surface area contributed by atoms with Gasteiger partial charge in [-0.3, -0.25) is 9.79 Å². The van der Waals surface area contributed by atoms with Crippen LogP contribution in [-0.2, 0) is 9.53 Å². The molecule has 6 heteroatoms. The van der Waals surface area contributed by atoms with Crippen LogP contribution in [0.3, 0.4) is 0 Å². The van der Waals surface area contributed by atoms with Gasteiger partial charge in [0, 0.05) is 50.2 Å². The molecule has 4 rings (SSSR count). The first-order valence-corrected chi connectivity index (χ1v) is 9.41. The highest BCUT2D eigenvalue weighted by molar-refractivity contribution is 5.88. The van der Waals surface area contributed by atoms with Crippen molar-refractivity contribution in [3.63, 3.8) is 0 Å². The zero-order valence-corrected chi connectivity index (χ0v) is 15.1. The molecule has 1 amide bonds. The second kappa shape index (κ2) is 5.90. The lowest BCUT2D eigenvalue weighted by molar-refractivity contribution is -0.188. The maximum absolute atomic E-state index is 12.4. The third-order valence-corrected chi connectivity index (χ3v) is 6.37. The molecule has 4 aliphatic rings. The van der Waals surface area contributed by atoms with E-state index in [0.717, 1.165) is 32.1 Å². The van der Waals surface area contributed by atoms with E-state index in [4.69, 9.17) is 4.74 Å². The Morgan fingerprint density at radius 1 is 1.29 bits per heavy atom. The van der Waals surface area contributed by atoms with Crippen LogP contribution in [-0.4, -0.2) is 73.1 Å². The first-order chi connectivity index (χ1) is 11.5. The fourth-order valence-corrected chi connectivity index (χ4v) is 4.89. The molecule has 2 heterocycles. The number of hydrogen-bond acceptors (Lipinski definition) is 3. The number of rotatable bonds is 2. The van der Waals surface area contributed by atoms with E-state index in [-0.39, 0.29) is 11.3 Å². The van der Waals surface area contributed by atoms with E-state index in [1.807, 2.05) is 7.05 Å². The van der Waals surface area contributed by atoms with Crippen molar-refractivity contribution in [2.24, 2.45) is 16.3 Å². The topological polar surface area (TPSA) is 57.2 Å². The quantitative estimate of drug-likeness (QED) is 0.606. The van der Waals surface area contributed by atoms with Gasteiger partial charge in [0.25, 0.3) is 0 Å². The summed E-state index contributed by atoms with van der Waals surface area (Å²) in [6.45, 7) is 7.60. The summed E-state index contributed by atoms with van der Waals surface area (Å²) in [5.74, 6) is 1.69. The van der Waals surface area contributed by atoms with Crippen molar-refractivity contribution in [2.75, 3.05) is 33.3 Å². The highest BCUT2D eigenvalue weighted by Gasteiger charge is 2.58. The van der Waals surface area contributed by atoms with E-state index in [1.165, 1.54) is 19.3 Å². The van der Waals surface area contributed by atoms with Crippen LogP contribution in [0.1, 0.15) is 39.5 Å². The van der Waals surface area contributed by atoms with Crippen molar-refractivity contribution in [1.82, 2.24) is 15.1 Å². The van der Waals surface area contributed by atoms with Crippen molar-refractivity contribution < 1.29 is 9.53 Å². The molecule has 6 nitrogen and oxygen atoms in total. The molecular weight excluding hydrogens is 304 g/mol. The number of nitrogens with one attached hydrogen (secondary N) is 1. The number of fused-ring (bicyclic) bond motifs is 1. The van der Waals surface area contributed by atoms with E-state index in [2.05, 4.69) is 34.0 Å². The van der Waals surface area contributed by atoms with Crippen LogP contribution >= 0.6 is 0 Å². The average Bonchev–Trinajstić information content (AvgIpc) is 3.40. The summed E-state index contributed by atoms with van der Waals surface area (Å²) in [5.41, 5.74) is 0.112. The van der Waals surface area contributed by atoms with Crippen molar-refractivity contribution in [3.8, 4) is 0 Å². The Balaban J connectivity index is 1.40. The van der Waals surface area contributed by atoms with Gasteiger partial charge in [0.15, 0.2) is 5.96 Å². The van der Waals surface area contributed by atoms with Gasteiger partial charge in [0.05, 0.1) is 12.6 Å². The summed E-state index contributed by atoms with van der Waals surface area (Å²) in [6, 6.07) is 0.887. The SMILES string of the molecule is CN=C(NC1C2CCCOC2C1(C)C)N1CCN(C2CC2)C(=O)C1. The van der Waals surface area contributed by atoms with Gasteiger partial charge in [-0.25, -0.2) is 0 Å². The number of nitrogens with zero attached hydrogens (tertiary/aromatic N) is 3. The monoisotopic (exact) mass is 334 g/mol. The van der Waals surface area contributed by atoms with Gasteiger partial charge in [0.1, 0.15) is 0 Å². The largest absolute Gasteiger partial charge is 0.377 e. The minimum atomic E-state index is 0.112. The highest BCUT2D eigenvalue weighted by atomic mass is 16.5. The zero-order valence-electron chi connectivity index (χ0n) is 15.1. The number of aliphatic imine (C=N–C) groups is 1. The number of carbonyl (C=O) groups is 1. The number of guanidine groups is 1. The molecule has 24 heavy (non-hydrogen) atoms. The minimum Gasteiger partial charge on any atom is -0.377 e. The van der Waals surface area contributed by atoms with Crippen molar-refractivity contribution in [3.05, 3.63) is 0 Å². The molecule has 3 atom stereocenters. The van der Waals surface area contributed by atoms with Crippen LogP contribution in [0.5, 0.6) is 0 Å². The van der Waals surface area contributed by atoms with Gasteiger partial charge in [-0.15, -0.1) is 0 Å². The number of carbonyl (C=O) groups excluding carboxylic acids is 1. The maximum Gasteiger partial charge on any atom is 0.242 e. The number of hydrogen-bond donors (Lipinski definition) is 1. The number of ether oxygens (including phenoxy) is 1. The third-order valence-electron chi connectivity index (χ3n) is 6.37. The van der Waals surface area contributed by atoms with Gasteiger partial charge in [0.2, 0.25) is 5.91 Å². The first kappa shape index (κ1) is 16.2. The minimum absolute atomic E-state index is 0.112. The van der Waals surface area contributed by atoms with Crippen molar-refractivity contribution in [1.29, 1.82) is 0 Å². The summed E-state index contributed by atoms with van der Waals surface area (Å²) in [6.07, 6.45) is 5.08. The van der Waals surface area contributed by atoms with Gasteiger partial charge in [-0.1, -0.05) is 13.8 Å². The molecule has 134 valence electrons.